The number of benzene rings is 3. The Morgan fingerprint density at radius 1 is 0.947 bits per heavy atom. The molecule has 194 valence electrons. The summed E-state index contributed by atoms with van der Waals surface area (Å²) in [5.41, 5.74) is 6.31. The average Bonchev–Trinajstić information content (AvgIpc) is 2.93. The molecule has 1 aliphatic rings. The molecule has 1 amide bonds. The van der Waals surface area contributed by atoms with Crippen LogP contribution in [0, 0.1) is 10.1 Å². The number of aromatic nitrogens is 1. The van der Waals surface area contributed by atoms with Crippen LogP contribution in [0.15, 0.2) is 60.7 Å². The van der Waals surface area contributed by atoms with Crippen LogP contribution in [0.2, 0.25) is 0 Å². The average molecular weight is 513 g/mol. The van der Waals surface area contributed by atoms with Gasteiger partial charge >= 0.3 is 0 Å². The van der Waals surface area contributed by atoms with E-state index in [4.69, 9.17) is 14.5 Å². The Balaban J connectivity index is 1.46. The van der Waals surface area contributed by atoms with Crippen molar-refractivity contribution in [3.05, 3.63) is 87.6 Å². The van der Waals surface area contributed by atoms with E-state index < -0.39 is 4.92 Å². The maximum absolute atomic E-state index is 12.8. The molecule has 0 unspecified atom stereocenters. The summed E-state index contributed by atoms with van der Waals surface area (Å²) < 4.78 is 10.9. The van der Waals surface area contributed by atoms with E-state index in [1.807, 2.05) is 36.4 Å². The third-order valence-corrected chi connectivity index (χ3v) is 6.71. The fourth-order valence-corrected chi connectivity index (χ4v) is 4.83. The normalized spacial score (nSPS) is 12.5. The molecular formula is C29H28N4O5. The van der Waals surface area contributed by atoms with Crippen molar-refractivity contribution in [2.45, 2.75) is 32.1 Å². The van der Waals surface area contributed by atoms with E-state index in [9.17, 15) is 14.9 Å². The molecule has 0 atom stereocenters. The Morgan fingerprint density at radius 2 is 1.68 bits per heavy atom. The van der Waals surface area contributed by atoms with Crippen LogP contribution in [-0.2, 0) is 24.1 Å². The first kappa shape index (κ1) is 25.0. The fraction of sp³-hybridized carbons (Fsp3) is 0.241. The van der Waals surface area contributed by atoms with Gasteiger partial charge in [0, 0.05) is 40.7 Å². The monoisotopic (exact) mass is 512 g/mol. The van der Waals surface area contributed by atoms with E-state index in [0.717, 1.165) is 53.7 Å². The van der Waals surface area contributed by atoms with Gasteiger partial charge < -0.3 is 20.1 Å². The van der Waals surface area contributed by atoms with Crippen LogP contribution in [0.3, 0.4) is 0 Å². The van der Waals surface area contributed by atoms with Gasteiger partial charge in [0.1, 0.15) is 0 Å². The van der Waals surface area contributed by atoms with Gasteiger partial charge in [-0.15, -0.1) is 0 Å². The van der Waals surface area contributed by atoms with Gasteiger partial charge in [0.25, 0.3) is 5.69 Å². The molecule has 0 fully saturated rings. The summed E-state index contributed by atoms with van der Waals surface area (Å²) in [5, 5.41) is 18.3. The van der Waals surface area contributed by atoms with Gasteiger partial charge in [-0.2, -0.15) is 0 Å². The molecule has 1 aliphatic carbocycles. The fourth-order valence-electron chi connectivity index (χ4n) is 4.83. The number of methoxy groups -OCH3 is 2. The Bertz CT molecular complexity index is 1520. The Morgan fingerprint density at radius 3 is 2.42 bits per heavy atom. The molecular weight excluding hydrogens is 484 g/mol. The molecule has 2 N–H and O–H groups in total. The van der Waals surface area contributed by atoms with E-state index in [-0.39, 0.29) is 18.0 Å². The van der Waals surface area contributed by atoms with Gasteiger partial charge in [-0.1, -0.05) is 12.1 Å². The summed E-state index contributed by atoms with van der Waals surface area (Å²) >= 11 is 0. The van der Waals surface area contributed by atoms with Crippen LogP contribution < -0.4 is 20.1 Å². The minimum Gasteiger partial charge on any atom is -0.493 e. The molecule has 9 heteroatoms. The minimum absolute atomic E-state index is 0.00553. The number of fused-ring (bicyclic) bond motifs is 2. The second-order valence-electron chi connectivity index (χ2n) is 9.19. The van der Waals surface area contributed by atoms with Crippen LogP contribution in [0.1, 0.15) is 29.7 Å². The molecule has 9 nitrogen and oxygen atoms in total. The number of pyridine rings is 1. The molecule has 3 aromatic carbocycles. The van der Waals surface area contributed by atoms with E-state index in [0.29, 0.717) is 22.7 Å². The van der Waals surface area contributed by atoms with Gasteiger partial charge in [0.15, 0.2) is 11.5 Å². The SMILES string of the molecule is COc1ccc(Nc2c3c(nc4ccc(NC(=O)Cc5ccc([N+](=O)[O-])cc5)cc24)CCCC3)cc1OC. The van der Waals surface area contributed by atoms with Gasteiger partial charge in [-0.05, 0) is 67.1 Å². The summed E-state index contributed by atoms with van der Waals surface area (Å²) in [4.78, 5) is 28.1. The molecule has 0 saturated heterocycles. The van der Waals surface area contributed by atoms with E-state index in [1.54, 1.807) is 26.4 Å². The zero-order valence-electron chi connectivity index (χ0n) is 21.2. The summed E-state index contributed by atoms with van der Waals surface area (Å²) in [5.74, 6) is 1.07. The highest BCUT2D eigenvalue weighted by Gasteiger charge is 2.20. The van der Waals surface area contributed by atoms with Gasteiger partial charge in [0.05, 0.1) is 36.8 Å². The zero-order valence-corrected chi connectivity index (χ0v) is 21.2. The molecule has 0 spiro atoms. The standard InChI is InChI=1S/C29H28N4O5/c1-37-26-14-10-20(17-27(26)38-2)31-29-22-5-3-4-6-24(22)32-25-13-9-19(16-23(25)29)30-28(34)15-18-7-11-21(12-8-18)33(35)36/h7-14,16-17H,3-6,15H2,1-2H3,(H,30,34)(H,31,32). The summed E-state index contributed by atoms with van der Waals surface area (Å²) in [7, 11) is 3.21. The van der Waals surface area contributed by atoms with Crippen LogP contribution >= 0.6 is 0 Å². The number of nitrogens with one attached hydrogen (secondary N) is 2. The number of hydrogen-bond donors (Lipinski definition) is 2. The maximum Gasteiger partial charge on any atom is 0.269 e. The molecule has 0 aliphatic heterocycles. The number of rotatable bonds is 8. The van der Waals surface area contributed by atoms with Crippen LogP contribution in [0.5, 0.6) is 11.5 Å². The molecule has 0 bridgehead atoms. The second kappa shape index (κ2) is 10.8. The van der Waals surface area contributed by atoms with E-state index >= 15 is 0 Å². The largest absolute Gasteiger partial charge is 0.493 e. The second-order valence-corrected chi connectivity index (χ2v) is 9.19. The third kappa shape index (κ3) is 5.22. The smallest absolute Gasteiger partial charge is 0.269 e. The molecule has 5 rings (SSSR count). The summed E-state index contributed by atoms with van der Waals surface area (Å²) in [6.45, 7) is 0. The molecule has 38 heavy (non-hydrogen) atoms. The van der Waals surface area contributed by atoms with Crippen molar-refractivity contribution >= 4 is 39.6 Å². The van der Waals surface area contributed by atoms with Crippen molar-refractivity contribution in [3.63, 3.8) is 0 Å². The number of anilines is 3. The number of ether oxygens (including phenoxy) is 2. The highest BCUT2D eigenvalue weighted by atomic mass is 16.6. The van der Waals surface area contributed by atoms with Crippen LogP contribution in [0.25, 0.3) is 10.9 Å². The Labute approximate surface area is 220 Å². The lowest BCUT2D eigenvalue weighted by molar-refractivity contribution is -0.384. The lowest BCUT2D eigenvalue weighted by Gasteiger charge is -2.22. The first-order valence-electron chi connectivity index (χ1n) is 12.4. The highest BCUT2D eigenvalue weighted by molar-refractivity contribution is 6.00. The maximum atomic E-state index is 12.8. The van der Waals surface area contributed by atoms with Crippen molar-refractivity contribution < 1.29 is 19.2 Å². The number of carbonyl (C=O) groups excluding carboxylic acids is 1. The van der Waals surface area contributed by atoms with Gasteiger partial charge in [-0.25, -0.2) is 0 Å². The zero-order chi connectivity index (χ0) is 26.6. The summed E-state index contributed by atoms with van der Waals surface area (Å²) in [6, 6.07) is 17.4. The van der Waals surface area contributed by atoms with Crippen molar-refractivity contribution in [3.8, 4) is 11.5 Å². The number of hydrogen-bond acceptors (Lipinski definition) is 7. The molecule has 1 aromatic heterocycles. The third-order valence-electron chi connectivity index (χ3n) is 6.71. The van der Waals surface area contributed by atoms with Crippen molar-refractivity contribution in [2.75, 3.05) is 24.9 Å². The minimum atomic E-state index is -0.459. The number of non-ortho nitro benzene ring substituents is 1. The topological polar surface area (TPSA) is 116 Å². The number of aryl methyl sites for hydroxylation is 1. The van der Waals surface area contributed by atoms with Crippen LogP contribution in [-0.4, -0.2) is 30.0 Å². The van der Waals surface area contributed by atoms with Crippen molar-refractivity contribution in [2.24, 2.45) is 0 Å². The number of nitro benzene ring substituents is 1. The van der Waals surface area contributed by atoms with Crippen LogP contribution in [0.4, 0.5) is 22.7 Å². The van der Waals surface area contributed by atoms with Crippen molar-refractivity contribution in [1.29, 1.82) is 0 Å². The molecule has 4 aromatic rings. The molecule has 0 radical (unpaired) electrons. The number of carbonyl (C=O) groups is 1. The van der Waals surface area contributed by atoms with Gasteiger partial charge in [-0.3, -0.25) is 19.9 Å². The predicted molar refractivity (Wildman–Crippen MR) is 147 cm³/mol. The number of nitro groups is 1. The predicted octanol–water partition coefficient (Wildman–Crippen LogP) is 5.96. The Kier molecular flexibility index (Phi) is 7.08. The lowest BCUT2D eigenvalue weighted by atomic mass is 9.92. The first-order valence-corrected chi connectivity index (χ1v) is 12.4. The lowest BCUT2D eigenvalue weighted by Crippen LogP contribution is -2.14. The number of nitrogens with zero attached hydrogens (tertiary/aromatic N) is 2. The van der Waals surface area contributed by atoms with Crippen molar-refractivity contribution in [1.82, 2.24) is 4.98 Å². The Hall–Kier alpha value is -4.66. The van der Waals surface area contributed by atoms with E-state index in [1.165, 1.54) is 17.7 Å². The first-order chi connectivity index (χ1) is 18.4. The summed E-state index contributed by atoms with van der Waals surface area (Å²) in [6.07, 6.45) is 4.16. The van der Waals surface area contributed by atoms with E-state index in [2.05, 4.69) is 10.6 Å². The molecule has 1 heterocycles. The molecule has 0 saturated carbocycles. The quantitative estimate of drug-likeness (QED) is 0.221. The highest BCUT2D eigenvalue weighted by Crippen LogP contribution is 2.38. The number of amides is 1. The van der Waals surface area contributed by atoms with Gasteiger partial charge in [0.2, 0.25) is 5.91 Å².